The molecule has 1 aliphatic carbocycles. The molecule has 0 saturated heterocycles. The molecule has 0 spiro atoms. The van der Waals surface area contributed by atoms with Gasteiger partial charge in [-0.25, -0.2) is 0 Å². The van der Waals surface area contributed by atoms with Crippen molar-refractivity contribution in [1.82, 2.24) is 0 Å². The third-order valence-electron chi connectivity index (χ3n) is 4.44. The van der Waals surface area contributed by atoms with E-state index in [4.69, 9.17) is 11.6 Å². The summed E-state index contributed by atoms with van der Waals surface area (Å²) in [4.78, 5) is 2.43. The summed E-state index contributed by atoms with van der Waals surface area (Å²) in [6, 6.07) is 7.16. The van der Waals surface area contributed by atoms with Gasteiger partial charge in [-0.15, -0.1) is 11.6 Å². The molecule has 1 aliphatic rings. The molecule has 1 nitrogen and oxygen atoms in total. The largest absolute Gasteiger partial charge is 0.372 e. The van der Waals surface area contributed by atoms with Crippen LogP contribution in [0, 0.1) is 5.41 Å². The van der Waals surface area contributed by atoms with E-state index in [1.165, 1.54) is 31.4 Å². The lowest BCUT2D eigenvalue weighted by Crippen LogP contribution is -2.37. The van der Waals surface area contributed by atoms with E-state index in [1.54, 1.807) is 0 Å². The Labute approximate surface area is 130 Å². The van der Waals surface area contributed by atoms with Gasteiger partial charge < -0.3 is 4.90 Å². The van der Waals surface area contributed by atoms with E-state index in [2.05, 4.69) is 59.9 Å². The smallest absolute Gasteiger partial charge is 0.0485 e. The monoisotopic (exact) mass is 343 g/mol. The maximum absolute atomic E-state index is 5.90. The number of hydrogen-bond acceptors (Lipinski definition) is 1. The van der Waals surface area contributed by atoms with Crippen LogP contribution in [0.15, 0.2) is 22.7 Å². The van der Waals surface area contributed by atoms with Crippen LogP contribution in [-0.2, 0) is 5.88 Å². The highest BCUT2D eigenvalue weighted by Gasteiger charge is 2.28. The summed E-state index contributed by atoms with van der Waals surface area (Å²) in [5.41, 5.74) is 2.97. The van der Waals surface area contributed by atoms with Crippen molar-refractivity contribution in [3.05, 3.63) is 28.2 Å². The minimum absolute atomic E-state index is 0.528. The molecule has 1 saturated carbocycles. The zero-order valence-electron chi connectivity index (χ0n) is 12.0. The molecule has 0 bridgehead atoms. The Morgan fingerprint density at radius 2 is 1.95 bits per heavy atom. The van der Waals surface area contributed by atoms with E-state index in [9.17, 15) is 0 Å². The number of alkyl halides is 1. The second kappa shape index (κ2) is 6.05. The van der Waals surface area contributed by atoms with Crippen molar-refractivity contribution in [2.45, 2.75) is 51.5 Å². The third-order valence-corrected chi connectivity index (χ3v) is 5.47. The molecule has 3 heteroatoms. The van der Waals surface area contributed by atoms with Crippen molar-refractivity contribution in [2.24, 2.45) is 5.41 Å². The van der Waals surface area contributed by atoms with Crippen LogP contribution < -0.4 is 4.90 Å². The number of halogens is 2. The number of nitrogens with zero attached hydrogens (tertiary/aromatic N) is 1. The summed E-state index contributed by atoms with van der Waals surface area (Å²) in [6.07, 6.45) is 5.22. The molecule has 0 amide bonds. The van der Waals surface area contributed by atoms with Crippen LogP contribution in [0.4, 0.5) is 5.69 Å². The molecule has 106 valence electrons. The highest BCUT2D eigenvalue weighted by Crippen LogP contribution is 2.38. The van der Waals surface area contributed by atoms with Crippen LogP contribution in [0.5, 0.6) is 0 Å². The number of hydrogen-bond donors (Lipinski definition) is 0. The van der Waals surface area contributed by atoms with Gasteiger partial charge in [-0.1, -0.05) is 35.8 Å². The van der Waals surface area contributed by atoms with Crippen LogP contribution in [0.25, 0.3) is 0 Å². The Morgan fingerprint density at radius 3 is 2.47 bits per heavy atom. The van der Waals surface area contributed by atoms with Crippen molar-refractivity contribution in [1.29, 1.82) is 0 Å². The van der Waals surface area contributed by atoms with Crippen LogP contribution >= 0.6 is 27.5 Å². The van der Waals surface area contributed by atoms with E-state index in [0.29, 0.717) is 17.3 Å². The Bertz CT molecular complexity index is 434. The first kappa shape index (κ1) is 15.2. The van der Waals surface area contributed by atoms with Crippen molar-refractivity contribution in [2.75, 3.05) is 11.9 Å². The number of benzene rings is 1. The van der Waals surface area contributed by atoms with Crippen molar-refractivity contribution >= 4 is 33.2 Å². The molecule has 0 aliphatic heterocycles. The van der Waals surface area contributed by atoms with Gasteiger partial charge in [-0.3, -0.25) is 0 Å². The Morgan fingerprint density at radius 1 is 1.32 bits per heavy atom. The molecule has 1 aromatic carbocycles. The summed E-state index contributed by atoms with van der Waals surface area (Å²) in [6.45, 7) is 4.77. The fraction of sp³-hybridized carbons (Fsp3) is 0.625. The maximum atomic E-state index is 5.90. The molecule has 0 atom stereocenters. The molecule has 19 heavy (non-hydrogen) atoms. The highest BCUT2D eigenvalue weighted by molar-refractivity contribution is 9.10. The molecule has 2 rings (SSSR count). The fourth-order valence-corrected chi connectivity index (χ4v) is 3.75. The van der Waals surface area contributed by atoms with E-state index < -0.39 is 0 Å². The summed E-state index contributed by atoms with van der Waals surface area (Å²) < 4.78 is 1.11. The van der Waals surface area contributed by atoms with Crippen molar-refractivity contribution in [3.8, 4) is 0 Å². The Hall–Kier alpha value is -0.210. The van der Waals surface area contributed by atoms with Gasteiger partial charge in [0.05, 0.1) is 0 Å². The summed E-state index contributed by atoms with van der Waals surface area (Å²) in [7, 11) is 2.21. The number of rotatable bonds is 3. The lowest BCUT2D eigenvalue weighted by molar-refractivity contribution is 0.222. The van der Waals surface area contributed by atoms with Crippen molar-refractivity contribution < 1.29 is 0 Å². The Balaban J connectivity index is 2.08. The predicted octanol–water partition coefficient (Wildman–Crippen LogP) is 5.59. The van der Waals surface area contributed by atoms with E-state index >= 15 is 0 Å². The molecule has 1 fully saturated rings. The van der Waals surface area contributed by atoms with Gasteiger partial charge in [0.25, 0.3) is 0 Å². The van der Waals surface area contributed by atoms with Crippen LogP contribution in [0.1, 0.15) is 45.1 Å². The van der Waals surface area contributed by atoms with Gasteiger partial charge in [0.2, 0.25) is 0 Å². The average Bonchev–Trinajstić information content (AvgIpc) is 2.38. The van der Waals surface area contributed by atoms with Gasteiger partial charge in [0.1, 0.15) is 0 Å². The second-order valence-electron chi connectivity index (χ2n) is 6.42. The van der Waals surface area contributed by atoms with Crippen molar-refractivity contribution in [3.63, 3.8) is 0 Å². The molecule has 0 N–H and O–H groups in total. The zero-order valence-corrected chi connectivity index (χ0v) is 14.4. The minimum atomic E-state index is 0.528. The van der Waals surface area contributed by atoms with Crippen LogP contribution in [0.2, 0.25) is 0 Å². The highest BCUT2D eigenvalue weighted by atomic mass is 79.9. The molecular formula is C16H23BrClN. The van der Waals surface area contributed by atoms with Gasteiger partial charge in [0.15, 0.2) is 0 Å². The lowest BCUT2D eigenvalue weighted by Gasteiger charge is -2.39. The zero-order chi connectivity index (χ0) is 14.0. The Kier molecular flexibility index (Phi) is 4.84. The average molecular weight is 345 g/mol. The van der Waals surface area contributed by atoms with E-state index in [0.717, 1.165) is 10.0 Å². The first-order valence-corrected chi connectivity index (χ1v) is 8.33. The topological polar surface area (TPSA) is 3.24 Å². The van der Waals surface area contributed by atoms with Crippen LogP contribution in [0.3, 0.4) is 0 Å². The molecular weight excluding hydrogens is 322 g/mol. The van der Waals surface area contributed by atoms with E-state index in [-0.39, 0.29) is 0 Å². The van der Waals surface area contributed by atoms with E-state index in [1.807, 2.05) is 0 Å². The third kappa shape index (κ3) is 3.66. The standard InChI is InChI=1S/C16H23BrClN/c1-16(2)8-6-13(7-9-16)19(3)14-5-4-12(11-18)15(17)10-14/h4-5,10,13H,6-9,11H2,1-3H3. The van der Waals surface area contributed by atoms with Gasteiger partial charge in [-0.2, -0.15) is 0 Å². The summed E-state index contributed by atoms with van der Waals surface area (Å²) in [5, 5.41) is 0. The fourth-order valence-electron chi connectivity index (χ4n) is 2.85. The molecule has 0 radical (unpaired) electrons. The predicted molar refractivity (Wildman–Crippen MR) is 88.1 cm³/mol. The quantitative estimate of drug-likeness (QED) is 0.646. The summed E-state index contributed by atoms with van der Waals surface area (Å²) in [5.74, 6) is 0.558. The number of anilines is 1. The van der Waals surface area contributed by atoms with Crippen LogP contribution in [-0.4, -0.2) is 13.1 Å². The molecule has 1 aromatic rings. The normalized spacial score (nSPS) is 19.4. The molecule has 0 heterocycles. The van der Waals surface area contributed by atoms with Gasteiger partial charge in [0, 0.05) is 29.1 Å². The molecule has 0 aromatic heterocycles. The summed E-state index contributed by atoms with van der Waals surface area (Å²) >= 11 is 9.51. The van der Waals surface area contributed by atoms with Gasteiger partial charge in [-0.05, 0) is 48.8 Å². The molecule has 0 unspecified atom stereocenters. The van der Waals surface area contributed by atoms with Gasteiger partial charge >= 0.3 is 0 Å². The minimum Gasteiger partial charge on any atom is -0.372 e. The second-order valence-corrected chi connectivity index (χ2v) is 7.54. The first-order chi connectivity index (χ1) is 8.93. The first-order valence-electron chi connectivity index (χ1n) is 7.00. The maximum Gasteiger partial charge on any atom is 0.0485 e. The lowest BCUT2D eigenvalue weighted by atomic mass is 9.75. The SMILES string of the molecule is CN(c1ccc(CCl)c(Br)c1)C1CCC(C)(C)CC1.